The van der Waals surface area contributed by atoms with E-state index in [9.17, 15) is 9.46 Å². The first-order valence-electron chi connectivity index (χ1n) is 7.19. The summed E-state index contributed by atoms with van der Waals surface area (Å²) < 4.78 is 13.7. The van der Waals surface area contributed by atoms with E-state index in [-0.39, 0.29) is 0 Å². The Kier molecular flexibility index (Phi) is 5.75. The molecule has 112 valence electrons. The Morgan fingerprint density at radius 1 is 0.857 bits per heavy atom. The molecule has 2 aromatic carbocycles. The lowest BCUT2D eigenvalue weighted by Gasteiger charge is -2.25. The van der Waals surface area contributed by atoms with Gasteiger partial charge in [-0.1, -0.05) is 60.7 Å². The molecule has 0 aliphatic heterocycles. The smallest absolute Gasteiger partial charge is 0.266 e. The minimum Gasteiger partial charge on any atom is -0.333 e. The highest BCUT2D eigenvalue weighted by Gasteiger charge is 2.21. The van der Waals surface area contributed by atoms with Gasteiger partial charge in [-0.15, -0.1) is 0 Å². The van der Waals surface area contributed by atoms with Gasteiger partial charge in [-0.3, -0.25) is 4.57 Å². The van der Waals surface area contributed by atoms with Crippen molar-refractivity contribution in [3.8, 4) is 0 Å². The van der Waals surface area contributed by atoms with Crippen LogP contribution in [0.4, 0.5) is 0 Å². The molecular weight excluding hydrogens is 281 g/mol. The van der Waals surface area contributed by atoms with Crippen molar-refractivity contribution in [2.24, 2.45) is 0 Å². The lowest BCUT2D eigenvalue weighted by atomic mass is 10.1. The lowest BCUT2D eigenvalue weighted by Crippen LogP contribution is -2.25. The van der Waals surface area contributed by atoms with Gasteiger partial charge in [-0.2, -0.15) is 0 Å². The molecule has 4 heteroatoms. The average molecular weight is 303 g/mol. The highest BCUT2D eigenvalue weighted by molar-refractivity contribution is 7.54. The van der Waals surface area contributed by atoms with Crippen LogP contribution >= 0.6 is 7.52 Å². The summed E-state index contributed by atoms with van der Waals surface area (Å²) in [6.07, 6.45) is 1.57. The number of benzene rings is 2. The molecule has 2 rings (SSSR count). The van der Waals surface area contributed by atoms with Crippen molar-refractivity contribution in [1.82, 2.24) is 4.67 Å². The molecule has 0 saturated carbocycles. The average Bonchev–Trinajstić information content (AvgIpc) is 2.48. The van der Waals surface area contributed by atoms with Crippen molar-refractivity contribution in [3.63, 3.8) is 0 Å². The minimum absolute atomic E-state index is 0.598. The largest absolute Gasteiger partial charge is 0.333 e. The fourth-order valence-corrected chi connectivity index (χ4v) is 3.23. The molecule has 0 fully saturated rings. The van der Waals surface area contributed by atoms with Crippen LogP contribution in [-0.4, -0.2) is 29.3 Å². The molecule has 1 unspecified atom stereocenters. The van der Waals surface area contributed by atoms with Gasteiger partial charge in [-0.05, 0) is 24.0 Å². The first-order valence-corrected chi connectivity index (χ1v) is 9.25. The summed E-state index contributed by atoms with van der Waals surface area (Å²) in [6, 6.07) is 20.1. The van der Waals surface area contributed by atoms with E-state index in [1.54, 1.807) is 4.67 Å². The van der Waals surface area contributed by atoms with Crippen molar-refractivity contribution >= 4 is 7.52 Å². The molecule has 21 heavy (non-hydrogen) atoms. The highest BCUT2D eigenvalue weighted by atomic mass is 31.2. The topological polar surface area (TPSA) is 40.5 Å². The van der Waals surface area contributed by atoms with Gasteiger partial charge in [0.15, 0.2) is 0 Å². The molecule has 0 aliphatic rings. The zero-order valence-corrected chi connectivity index (χ0v) is 13.2. The summed E-state index contributed by atoms with van der Waals surface area (Å²) >= 11 is 0. The summed E-state index contributed by atoms with van der Waals surface area (Å²) in [6.45, 7) is 2.62. The third-order valence-corrected chi connectivity index (χ3v) is 4.98. The molecule has 0 aliphatic carbocycles. The normalized spacial score (nSPS) is 14.0. The maximum absolute atomic E-state index is 12.0. The molecule has 2 aromatic rings. The highest BCUT2D eigenvalue weighted by Crippen LogP contribution is 2.40. The minimum atomic E-state index is -3.22. The number of rotatable bonds is 7. The Morgan fingerprint density at radius 2 is 1.24 bits per heavy atom. The van der Waals surface area contributed by atoms with Crippen LogP contribution in [0.25, 0.3) is 0 Å². The van der Waals surface area contributed by atoms with Crippen molar-refractivity contribution in [3.05, 3.63) is 71.8 Å². The maximum atomic E-state index is 12.0. The van der Waals surface area contributed by atoms with E-state index in [1.165, 1.54) is 17.8 Å². The molecule has 0 heterocycles. The van der Waals surface area contributed by atoms with Crippen LogP contribution in [0.15, 0.2) is 60.7 Å². The first-order chi connectivity index (χ1) is 10.1. The standard InChI is InChI=1S/C17H22NO2P/c1-21(19,20)18(14-12-16-8-4-2-5-9-16)15-13-17-10-6-3-7-11-17/h2-11H,12-15H2,1H3,(H,19,20). The molecular formula is C17H22NO2P. The maximum Gasteiger partial charge on any atom is 0.266 e. The quantitative estimate of drug-likeness (QED) is 0.795. The fraction of sp³-hybridized carbons (Fsp3) is 0.294. The van der Waals surface area contributed by atoms with Gasteiger partial charge < -0.3 is 4.89 Å². The van der Waals surface area contributed by atoms with Crippen LogP contribution < -0.4 is 0 Å². The summed E-state index contributed by atoms with van der Waals surface area (Å²) in [5.41, 5.74) is 2.38. The lowest BCUT2D eigenvalue weighted by molar-refractivity contribution is 0.354. The van der Waals surface area contributed by atoms with E-state index in [1.807, 2.05) is 60.7 Å². The second-order valence-electron chi connectivity index (χ2n) is 5.26. The molecule has 0 spiro atoms. The second kappa shape index (κ2) is 7.56. The Labute approximate surface area is 126 Å². The van der Waals surface area contributed by atoms with Crippen molar-refractivity contribution < 1.29 is 9.46 Å². The van der Waals surface area contributed by atoms with E-state index < -0.39 is 7.52 Å². The number of hydrogen-bond donors (Lipinski definition) is 1. The Balaban J connectivity index is 1.94. The molecule has 0 aromatic heterocycles. The molecule has 3 nitrogen and oxygen atoms in total. The van der Waals surface area contributed by atoms with Crippen molar-refractivity contribution in [1.29, 1.82) is 0 Å². The zero-order chi connectivity index (χ0) is 15.1. The van der Waals surface area contributed by atoms with Crippen LogP contribution in [0, 0.1) is 0 Å². The van der Waals surface area contributed by atoms with Crippen molar-refractivity contribution in [2.75, 3.05) is 19.8 Å². The van der Waals surface area contributed by atoms with E-state index in [2.05, 4.69) is 0 Å². The third-order valence-electron chi connectivity index (χ3n) is 3.53. The molecule has 0 saturated heterocycles. The molecule has 1 N–H and O–H groups in total. The number of nitrogens with zero attached hydrogens (tertiary/aromatic N) is 1. The molecule has 0 radical (unpaired) electrons. The number of hydrogen-bond acceptors (Lipinski definition) is 1. The van der Waals surface area contributed by atoms with E-state index in [0.29, 0.717) is 13.1 Å². The Morgan fingerprint density at radius 3 is 1.57 bits per heavy atom. The predicted molar refractivity (Wildman–Crippen MR) is 87.6 cm³/mol. The Bertz CT molecular complexity index is 537. The molecule has 0 amide bonds. The van der Waals surface area contributed by atoms with Crippen LogP contribution in [0.2, 0.25) is 0 Å². The van der Waals surface area contributed by atoms with Crippen LogP contribution in [0.3, 0.4) is 0 Å². The van der Waals surface area contributed by atoms with Gasteiger partial charge in [-0.25, -0.2) is 4.67 Å². The molecule has 1 atom stereocenters. The van der Waals surface area contributed by atoms with E-state index in [0.717, 1.165) is 12.8 Å². The van der Waals surface area contributed by atoms with Gasteiger partial charge in [0.05, 0.1) is 0 Å². The van der Waals surface area contributed by atoms with Gasteiger partial charge in [0.25, 0.3) is 7.52 Å². The summed E-state index contributed by atoms with van der Waals surface area (Å²) in [5.74, 6) is 0. The van der Waals surface area contributed by atoms with E-state index in [4.69, 9.17) is 0 Å². The summed E-state index contributed by atoms with van der Waals surface area (Å²) in [5, 5.41) is 0. The summed E-state index contributed by atoms with van der Waals surface area (Å²) in [7, 11) is -3.22. The SMILES string of the molecule is CP(=O)(O)N(CCc1ccccc1)CCc1ccccc1. The van der Waals surface area contributed by atoms with Crippen LogP contribution in [-0.2, 0) is 17.4 Å². The summed E-state index contributed by atoms with van der Waals surface area (Å²) in [4.78, 5) is 9.91. The van der Waals surface area contributed by atoms with Crippen molar-refractivity contribution in [2.45, 2.75) is 12.8 Å². The van der Waals surface area contributed by atoms with E-state index >= 15 is 0 Å². The monoisotopic (exact) mass is 303 g/mol. The first kappa shape index (κ1) is 16.0. The second-order valence-corrected chi connectivity index (χ2v) is 7.50. The van der Waals surface area contributed by atoms with Gasteiger partial charge in [0.2, 0.25) is 0 Å². The van der Waals surface area contributed by atoms with Crippen LogP contribution in [0.5, 0.6) is 0 Å². The molecule has 0 bridgehead atoms. The third kappa shape index (κ3) is 5.47. The van der Waals surface area contributed by atoms with Gasteiger partial charge in [0, 0.05) is 19.8 Å². The Hall–Kier alpha value is -1.41. The van der Waals surface area contributed by atoms with Crippen LogP contribution in [0.1, 0.15) is 11.1 Å². The van der Waals surface area contributed by atoms with Gasteiger partial charge >= 0.3 is 0 Å². The van der Waals surface area contributed by atoms with Gasteiger partial charge in [0.1, 0.15) is 0 Å². The zero-order valence-electron chi connectivity index (χ0n) is 12.4. The fourth-order valence-electron chi connectivity index (χ4n) is 2.29. The predicted octanol–water partition coefficient (Wildman–Crippen LogP) is 3.59.